The van der Waals surface area contributed by atoms with Crippen molar-refractivity contribution >= 4 is 0 Å². The van der Waals surface area contributed by atoms with Crippen LogP contribution in [0.15, 0.2) is 12.2 Å². The summed E-state index contributed by atoms with van der Waals surface area (Å²) in [6, 6.07) is 0.703. The normalized spacial score (nSPS) is 31.6. The van der Waals surface area contributed by atoms with Crippen LogP contribution < -0.4 is 5.32 Å². The third-order valence-electron chi connectivity index (χ3n) is 3.77. The predicted molar refractivity (Wildman–Crippen MR) is 71.7 cm³/mol. The summed E-state index contributed by atoms with van der Waals surface area (Å²) in [7, 11) is 0. The Kier molecular flexibility index (Phi) is 5.50. The molecular weight excluding hydrogens is 196 g/mol. The van der Waals surface area contributed by atoms with Crippen LogP contribution >= 0.6 is 0 Å². The Labute approximate surface area is 101 Å². The van der Waals surface area contributed by atoms with Gasteiger partial charge in [-0.1, -0.05) is 27.4 Å². The van der Waals surface area contributed by atoms with Crippen molar-refractivity contribution in [2.24, 2.45) is 11.8 Å². The van der Waals surface area contributed by atoms with Gasteiger partial charge in [-0.25, -0.2) is 0 Å². The first-order valence-electron chi connectivity index (χ1n) is 6.66. The molecule has 16 heavy (non-hydrogen) atoms. The van der Waals surface area contributed by atoms with Gasteiger partial charge in [-0.05, 0) is 37.3 Å². The lowest BCUT2D eigenvalue weighted by Gasteiger charge is -2.41. The zero-order valence-corrected chi connectivity index (χ0v) is 11.4. The molecule has 94 valence electrons. The van der Waals surface area contributed by atoms with Crippen LogP contribution in [0.25, 0.3) is 0 Å². The zero-order chi connectivity index (χ0) is 12.1. The predicted octanol–water partition coefficient (Wildman–Crippen LogP) is 2.52. The fraction of sp³-hybridized carbons (Fsp3) is 0.857. The number of likely N-dealkylation sites (tertiary alicyclic amines) is 1. The van der Waals surface area contributed by atoms with E-state index >= 15 is 0 Å². The maximum atomic E-state index is 4.17. The first-order chi connectivity index (χ1) is 7.54. The topological polar surface area (TPSA) is 15.3 Å². The van der Waals surface area contributed by atoms with Crippen LogP contribution in [-0.4, -0.2) is 37.1 Å². The number of nitrogens with one attached hydrogen (secondary N) is 1. The van der Waals surface area contributed by atoms with E-state index in [9.17, 15) is 0 Å². The molecular formula is C14H28N2. The van der Waals surface area contributed by atoms with Crippen molar-refractivity contribution in [2.75, 3.05) is 26.2 Å². The van der Waals surface area contributed by atoms with E-state index < -0.39 is 0 Å². The Morgan fingerprint density at radius 3 is 2.69 bits per heavy atom. The second kappa shape index (κ2) is 6.41. The van der Waals surface area contributed by atoms with Crippen molar-refractivity contribution < 1.29 is 0 Å². The highest BCUT2D eigenvalue weighted by Crippen LogP contribution is 2.27. The van der Waals surface area contributed by atoms with Crippen molar-refractivity contribution in [3.63, 3.8) is 0 Å². The van der Waals surface area contributed by atoms with Crippen molar-refractivity contribution in [1.82, 2.24) is 10.2 Å². The van der Waals surface area contributed by atoms with Gasteiger partial charge in [0.15, 0.2) is 0 Å². The van der Waals surface area contributed by atoms with Gasteiger partial charge in [0.1, 0.15) is 0 Å². The molecule has 0 aromatic rings. The number of hydrogen-bond donors (Lipinski definition) is 1. The second-order valence-electron chi connectivity index (χ2n) is 5.52. The van der Waals surface area contributed by atoms with Crippen LogP contribution in [0.1, 0.15) is 34.1 Å². The molecule has 2 nitrogen and oxygen atoms in total. The molecule has 3 atom stereocenters. The highest BCUT2D eigenvalue weighted by Gasteiger charge is 2.28. The molecule has 0 aromatic carbocycles. The summed E-state index contributed by atoms with van der Waals surface area (Å²) in [5.41, 5.74) is 1.31. The largest absolute Gasteiger partial charge is 0.313 e. The monoisotopic (exact) mass is 224 g/mol. The highest BCUT2D eigenvalue weighted by molar-refractivity contribution is 5.01. The molecule has 1 rings (SSSR count). The van der Waals surface area contributed by atoms with Gasteiger partial charge in [0.25, 0.3) is 0 Å². The van der Waals surface area contributed by atoms with E-state index in [1.165, 1.54) is 18.5 Å². The summed E-state index contributed by atoms with van der Waals surface area (Å²) in [6.07, 6.45) is 1.37. The standard InChI is InChI=1S/C14H28N2/c1-6-15-8-12(3)10-16-9-11(2)7-13(4)14(16)5/h11,13-15H,3,6-10H2,1-2,4-5H3. The quantitative estimate of drug-likeness (QED) is 0.722. The smallest absolute Gasteiger partial charge is 0.0205 e. The fourth-order valence-corrected chi connectivity index (χ4v) is 2.69. The molecule has 1 aliphatic heterocycles. The van der Waals surface area contributed by atoms with Crippen molar-refractivity contribution in [1.29, 1.82) is 0 Å². The van der Waals surface area contributed by atoms with Gasteiger partial charge in [0.2, 0.25) is 0 Å². The molecule has 1 saturated heterocycles. The lowest BCUT2D eigenvalue weighted by atomic mass is 9.86. The molecule has 1 N–H and O–H groups in total. The lowest BCUT2D eigenvalue weighted by Crippen LogP contribution is -2.46. The van der Waals surface area contributed by atoms with Crippen LogP contribution in [-0.2, 0) is 0 Å². The molecule has 1 heterocycles. The van der Waals surface area contributed by atoms with Gasteiger partial charge in [0, 0.05) is 25.7 Å². The van der Waals surface area contributed by atoms with Crippen LogP contribution in [0, 0.1) is 11.8 Å². The number of hydrogen-bond acceptors (Lipinski definition) is 2. The van der Waals surface area contributed by atoms with E-state index in [4.69, 9.17) is 0 Å². The van der Waals surface area contributed by atoms with E-state index in [2.05, 4.69) is 44.5 Å². The molecule has 0 bridgehead atoms. The third kappa shape index (κ3) is 3.91. The van der Waals surface area contributed by atoms with Crippen molar-refractivity contribution in [2.45, 2.75) is 40.2 Å². The zero-order valence-electron chi connectivity index (χ0n) is 11.4. The van der Waals surface area contributed by atoms with E-state index in [1.54, 1.807) is 0 Å². The molecule has 3 unspecified atom stereocenters. The minimum absolute atomic E-state index is 0.703. The first kappa shape index (κ1) is 13.7. The number of nitrogens with zero attached hydrogens (tertiary/aromatic N) is 1. The van der Waals surface area contributed by atoms with Gasteiger partial charge >= 0.3 is 0 Å². The first-order valence-corrected chi connectivity index (χ1v) is 6.66. The maximum absolute atomic E-state index is 4.17. The molecule has 0 saturated carbocycles. The lowest BCUT2D eigenvalue weighted by molar-refractivity contribution is 0.0886. The fourth-order valence-electron chi connectivity index (χ4n) is 2.69. The molecule has 1 aliphatic rings. The van der Waals surface area contributed by atoms with Gasteiger partial charge < -0.3 is 5.32 Å². The van der Waals surface area contributed by atoms with Crippen molar-refractivity contribution in [3.05, 3.63) is 12.2 Å². The summed E-state index contributed by atoms with van der Waals surface area (Å²) in [6.45, 7) is 17.7. The van der Waals surface area contributed by atoms with Crippen molar-refractivity contribution in [3.8, 4) is 0 Å². The summed E-state index contributed by atoms with van der Waals surface area (Å²) >= 11 is 0. The van der Waals surface area contributed by atoms with E-state index in [-0.39, 0.29) is 0 Å². The Hall–Kier alpha value is -0.340. The number of piperidine rings is 1. The van der Waals surface area contributed by atoms with E-state index in [0.29, 0.717) is 6.04 Å². The Morgan fingerprint density at radius 2 is 2.06 bits per heavy atom. The highest BCUT2D eigenvalue weighted by atomic mass is 15.2. The summed E-state index contributed by atoms with van der Waals surface area (Å²) in [5.74, 6) is 1.65. The van der Waals surface area contributed by atoms with Gasteiger partial charge in [-0.3, -0.25) is 4.90 Å². The SMILES string of the molecule is C=C(CNCC)CN1CC(C)CC(C)C1C. The minimum Gasteiger partial charge on any atom is -0.313 e. The molecule has 2 heteroatoms. The second-order valence-corrected chi connectivity index (χ2v) is 5.52. The molecule has 0 aromatic heterocycles. The molecule has 0 aliphatic carbocycles. The average molecular weight is 224 g/mol. The molecule has 0 radical (unpaired) electrons. The molecule has 1 fully saturated rings. The minimum atomic E-state index is 0.703. The average Bonchev–Trinajstić information content (AvgIpc) is 2.22. The Bertz CT molecular complexity index is 225. The summed E-state index contributed by atoms with van der Waals surface area (Å²) < 4.78 is 0. The van der Waals surface area contributed by atoms with Gasteiger partial charge in [-0.15, -0.1) is 0 Å². The van der Waals surface area contributed by atoms with E-state index in [0.717, 1.165) is 31.5 Å². The summed E-state index contributed by atoms with van der Waals surface area (Å²) in [5, 5.41) is 3.35. The van der Waals surface area contributed by atoms with Crippen LogP contribution in [0.5, 0.6) is 0 Å². The Morgan fingerprint density at radius 1 is 1.38 bits per heavy atom. The van der Waals surface area contributed by atoms with Gasteiger partial charge in [-0.2, -0.15) is 0 Å². The van der Waals surface area contributed by atoms with Crippen LogP contribution in [0.4, 0.5) is 0 Å². The third-order valence-corrected chi connectivity index (χ3v) is 3.77. The molecule has 0 spiro atoms. The summed E-state index contributed by atoms with van der Waals surface area (Å²) in [4.78, 5) is 2.60. The van der Waals surface area contributed by atoms with Crippen LogP contribution in [0.3, 0.4) is 0 Å². The Balaban J connectivity index is 2.42. The molecule has 0 amide bonds. The van der Waals surface area contributed by atoms with Gasteiger partial charge in [0.05, 0.1) is 0 Å². The van der Waals surface area contributed by atoms with Crippen LogP contribution in [0.2, 0.25) is 0 Å². The number of likely N-dealkylation sites (N-methyl/N-ethyl adjacent to an activating group) is 1. The van der Waals surface area contributed by atoms with E-state index in [1.807, 2.05) is 0 Å². The maximum Gasteiger partial charge on any atom is 0.0205 e. The number of rotatable bonds is 5.